The molecule has 1 heterocycles. The van der Waals surface area contributed by atoms with Crippen molar-refractivity contribution in [2.45, 2.75) is 13.0 Å². The Morgan fingerprint density at radius 3 is 2.87 bits per heavy atom. The Hall–Kier alpha value is -1.68. The van der Waals surface area contributed by atoms with Crippen LogP contribution in [0.3, 0.4) is 0 Å². The summed E-state index contributed by atoms with van der Waals surface area (Å²) in [6.45, 7) is 1.50. The van der Waals surface area contributed by atoms with Crippen LogP contribution in [0.4, 0.5) is 4.39 Å². The fourth-order valence-electron chi connectivity index (χ4n) is 1.54. The summed E-state index contributed by atoms with van der Waals surface area (Å²) in [6, 6.07) is 4.28. The monoisotopic (exact) mass is 207 g/mol. The number of hydrogen-bond acceptors (Lipinski definition) is 2. The van der Waals surface area contributed by atoms with E-state index in [1.165, 1.54) is 31.3 Å². The lowest BCUT2D eigenvalue weighted by Crippen LogP contribution is -2.13. The predicted molar refractivity (Wildman–Crippen MR) is 55.2 cm³/mol. The number of aliphatic hydroxyl groups is 1. The van der Waals surface area contributed by atoms with Crippen molar-refractivity contribution < 1.29 is 9.50 Å². The van der Waals surface area contributed by atoms with Crippen molar-refractivity contribution in [1.29, 1.82) is 0 Å². The molecule has 1 aromatic carbocycles. The average Bonchev–Trinajstić information content (AvgIpc) is 2.19. The molecule has 2 N–H and O–H groups in total. The van der Waals surface area contributed by atoms with Crippen LogP contribution < -0.4 is 5.43 Å². The molecule has 0 saturated heterocycles. The summed E-state index contributed by atoms with van der Waals surface area (Å²) in [4.78, 5) is 14.5. The highest BCUT2D eigenvalue weighted by atomic mass is 19.1. The normalized spacial score (nSPS) is 13.0. The fourth-order valence-corrected chi connectivity index (χ4v) is 1.54. The molecule has 0 aliphatic carbocycles. The minimum atomic E-state index is -0.860. The van der Waals surface area contributed by atoms with E-state index in [2.05, 4.69) is 4.98 Å². The average molecular weight is 207 g/mol. The second-order valence-electron chi connectivity index (χ2n) is 3.41. The number of halogens is 1. The third kappa shape index (κ3) is 1.53. The van der Waals surface area contributed by atoms with Gasteiger partial charge < -0.3 is 10.1 Å². The molecule has 0 radical (unpaired) electrons. The molecule has 2 aromatic rings. The van der Waals surface area contributed by atoms with E-state index in [1.54, 1.807) is 0 Å². The van der Waals surface area contributed by atoms with E-state index in [0.29, 0.717) is 0 Å². The van der Waals surface area contributed by atoms with E-state index in [9.17, 15) is 14.3 Å². The number of aromatic amines is 1. The summed E-state index contributed by atoms with van der Waals surface area (Å²) in [5.74, 6) is -0.471. The highest BCUT2D eigenvalue weighted by Crippen LogP contribution is 2.14. The topological polar surface area (TPSA) is 53.1 Å². The molecule has 1 aromatic heterocycles. The number of hydrogen-bond donors (Lipinski definition) is 2. The molecule has 15 heavy (non-hydrogen) atoms. The van der Waals surface area contributed by atoms with Crippen LogP contribution in [0.1, 0.15) is 18.6 Å². The zero-order chi connectivity index (χ0) is 11.0. The molecule has 1 atom stereocenters. The summed E-state index contributed by atoms with van der Waals surface area (Å²) in [5.41, 5.74) is 0.0817. The number of fused-ring (bicyclic) bond motifs is 1. The van der Waals surface area contributed by atoms with E-state index < -0.39 is 11.9 Å². The van der Waals surface area contributed by atoms with Gasteiger partial charge in [0, 0.05) is 17.1 Å². The molecule has 0 bridgehead atoms. The molecule has 0 aliphatic heterocycles. The summed E-state index contributed by atoms with van der Waals surface area (Å²) >= 11 is 0. The van der Waals surface area contributed by atoms with Crippen LogP contribution >= 0.6 is 0 Å². The van der Waals surface area contributed by atoms with Crippen molar-refractivity contribution >= 4 is 10.9 Å². The molecule has 3 nitrogen and oxygen atoms in total. The van der Waals surface area contributed by atoms with Crippen LogP contribution in [0.15, 0.2) is 29.2 Å². The number of aliphatic hydroxyl groups excluding tert-OH is 1. The van der Waals surface area contributed by atoms with Gasteiger partial charge in [-0.1, -0.05) is 6.07 Å². The smallest absolute Gasteiger partial charge is 0.195 e. The Labute approximate surface area is 85.2 Å². The quantitative estimate of drug-likeness (QED) is 0.748. The SMILES string of the molecule is CC(O)c1c[nH]c2c(F)cccc2c1=O. The van der Waals surface area contributed by atoms with Gasteiger partial charge in [0.2, 0.25) is 0 Å². The van der Waals surface area contributed by atoms with Crippen LogP contribution in [-0.4, -0.2) is 10.1 Å². The van der Waals surface area contributed by atoms with Crippen molar-refractivity contribution in [3.8, 4) is 0 Å². The van der Waals surface area contributed by atoms with Crippen LogP contribution in [0.25, 0.3) is 10.9 Å². The lowest BCUT2D eigenvalue weighted by Gasteiger charge is -2.05. The first-order chi connectivity index (χ1) is 7.11. The summed E-state index contributed by atoms with van der Waals surface area (Å²) in [5, 5.41) is 9.58. The number of H-pyrrole nitrogens is 1. The number of rotatable bonds is 1. The van der Waals surface area contributed by atoms with Gasteiger partial charge >= 0.3 is 0 Å². The lowest BCUT2D eigenvalue weighted by atomic mass is 10.1. The Kier molecular flexibility index (Phi) is 2.28. The van der Waals surface area contributed by atoms with Crippen molar-refractivity contribution in [2.75, 3.05) is 0 Å². The van der Waals surface area contributed by atoms with Crippen molar-refractivity contribution in [3.63, 3.8) is 0 Å². The molecule has 0 saturated carbocycles. The molecule has 2 rings (SSSR count). The Balaban J connectivity index is 2.86. The molecule has 0 amide bonds. The Bertz CT molecular complexity index is 560. The number of nitrogens with one attached hydrogen (secondary N) is 1. The highest BCUT2D eigenvalue weighted by Gasteiger charge is 2.10. The fraction of sp³-hybridized carbons (Fsp3) is 0.182. The van der Waals surface area contributed by atoms with Gasteiger partial charge in [0.05, 0.1) is 11.6 Å². The van der Waals surface area contributed by atoms with Gasteiger partial charge in [0.15, 0.2) is 5.43 Å². The van der Waals surface area contributed by atoms with Crippen molar-refractivity contribution in [1.82, 2.24) is 4.98 Å². The lowest BCUT2D eigenvalue weighted by molar-refractivity contribution is 0.198. The molecule has 78 valence electrons. The minimum Gasteiger partial charge on any atom is -0.389 e. The van der Waals surface area contributed by atoms with Crippen molar-refractivity contribution in [2.24, 2.45) is 0 Å². The second-order valence-corrected chi connectivity index (χ2v) is 3.41. The standard InChI is InChI=1S/C11H10FNO2/c1-6(14)8-5-13-10-7(11(8)15)3-2-4-9(10)12/h2-6,14H,1H3,(H,13,15). The largest absolute Gasteiger partial charge is 0.389 e. The van der Waals surface area contributed by atoms with E-state index >= 15 is 0 Å². The maximum atomic E-state index is 13.3. The molecule has 0 aliphatic rings. The third-order valence-electron chi connectivity index (χ3n) is 2.34. The van der Waals surface area contributed by atoms with Gasteiger partial charge in [-0.2, -0.15) is 0 Å². The van der Waals surface area contributed by atoms with Gasteiger partial charge in [-0.25, -0.2) is 4.39 Å². The van der Waals surface area contributed by atoms with Gasteiger partial charge in [-0.15, -0.1) is 0 Å². The van der Waals surface area contributed by atoms with E-state index in [0.717, 1.165) is 0 Å². The molecule has 0 fully saturated rings. The first-order valence-electron chi connectivity index (χ1n) is 4.59. The number of para-hydroxylation sites is 1. The maximum Gasteiger partial charge on any atom is 0.195 e. The van der Waals surface area contributed by atoms with E-state index in [4.69, 9.17) is 0 Å². The third-order valence-corrected chi connectivity index (χ3v) is 2.34. The number of aromatic nitrogens is 1. The summed E-state index contributed by atoms with van der Waals surface area (Å²) < 4.78 is 13.3. The van der Waals surface area contributed by atoms with Crippen LogP contribution in [0.2, 0.25) is 0 Å². The second kappa shape index (κ2) is 3.47. The molecule has 4 heteroatoms. The molecule has 0 spiro atoms. The Morgan fingerprint density at radius 1 is 1.47 bits per heavy atom. The Morgan fingerprint density at radius 2 is 2.20 bits per heavy atom. The zero-order valence-corrected chi connectivity index (χ0v) is 8.12. The highest BCUT2D eigenvalue weighted by molar-refractivity contribution is 5.79. The van der Waals surface area contributed by atoms with E-state index in [1.807, 2.05) is 0 Å². The van der Waals surface area contributed by atoms with Crippen LogP contribution in [-0.2, 0) is 0 Å². The summed E-state index contributed by atoms with van der Waals surface area (Å²) in [6.07, 6.45) is 0.486. The van der Waals surface area contributed by atoms with Gasteiger partial charge in [0.25, 0.3) is 0 Å². The molecular weight excluding hydrogens is 197 g/mol. The zero-order valence-electron chi connectivity index (χ0n) is 8.12. The van der Waals surface area contributed by atoms with Gasteiger partial charge in [0.1, 0.15) is 5.82 Å². The van der Waals surface area contributed by atoms with Crippen LogP contribution in [0, 0.1) is 5.82 Å². The van der Waals surface area contributed by atoms with Crippen LogP contribution in [0.5, 0.6) is 0 Å². The predicted octanol–water partition coefficient (Wildman–Crippen LogP) is 1.72. The number of benzene rings is 1. The first kappa shape index (κ1) is 9.86. The van der Waals surface area contributed by atoms with Crippen molar-refractivity contribution in [3.05, 3.63) is 46.0 Å². The molecular formula is C11H10FNO2. The number of pyridine rings is 1. The summed E-state index contributed by atoms with van der Waals surface area (Å²) in [7, 11) is 0. The minimum absolute atomic E-state index is 0.173. The van der Waals surface area contributed by atoms with Gasteiger partial charge in [-0.05, 0) is 19.1 Å². The maximum absolute atomic E-state index is 13.3. The first-order valence-corrected chi connectivity index (χ1v) is 4.59. The van der Waals surface area contributed by atoms with Gasteiger partial charge in [-0.3, -0.25) is 4.79 Å². The molecule has 1 unspecified atom stereocenters. The van der Waals surface area contributed by atoms with E-state index in [-0.39, 0.29) is 21.9 Å².